The maximum Gasteiger partial charge on any atom is 0.309 e. The van der Waals surface area contributed by atoms with Crippen LogP contribution in [-0.2, 0) is 13.0 Å². The van der Waals surface area contributed by atoms with Crippen LogP contribution in [0.25, 0.3) is 0 Å². The Bertz CT molecular complexity index is 739. The van der Waals surface area contributed by atoms with Crippen molar-refractivity contribution in [1.82, 2.24) is 15.5 Å². The molecule has 0 bridgehead atoms. The number of benzene rings is 2. The Morgan fingerprint density at radius 2 is 1.55 bits per heavy atom. The molecule has 0 aliphatic rings. The van der Waals surface area contributed by atoms with Crippen LogP contribution in [0.5, 0.6) is 0 Å². The van der Waals surface area contributed by atoms with E-state index in [1.54, 1.807) is 0 Å². The fraction of sp³-hybridized carbons (Fsp3) is 0.118. The first-order chi connectivity index (χ1) is 10.8. The maximum absolute atomic E-state index is 12.0. The molecule has 0 fully saturated rings. The molecular weight excluding hydrogens is 278 g/mol. The van der Waals surface area contributed by atoms with Crippen molar-refractivity contribution in [2.45, 2.75) is 13.0 Å². The first kappa shape index (κ1) is 14.0. The number of aromatic nitrogens is 2. The van der Waals surface area contributed by atoms with E-state index < -0.39 is 0 Å². The molecule has 1 aromatic heterocycles. The van der Waals surface area contributed by atoms with Gasteiger partial charge in [-0.15, -0.1) is 10.2 Å². The van der Waals surface area contributed by atoms with E-state index in [0.29, 0.717) is 18.9 Å². The highest BCUT2D eigenvalue weighted by molar-refractivity contribution is 5.89. The molecule has 2 aromatic carbocycles. The number of amides is 1. The van der Waals surface area contributed by atoms with Crippen LogP contribution in [0.4, 0.5) is 0 Å². The minimum absolute atomic E-state index is 0.0122. The molecule has 5 heteroatoms. The van der Waals surface area contributed by atoms with E-state index in [-0.39, 0.29) is 11.8 Å². The second-order valence-corrected chi connectivity index (χ2v) is 4.83. The maximum atomic E-state index is 12.0. The van der Waals surface area contributed by atoms with Gasteiger partial charge in [-0.05, 0) is 11.1 Å². The van der Waals surface area contributed by atoms with E-state index in [1.165, 1.54) is 0 Å². The van der Waals surface area contributed by atoms with E-state index in [1.807, 2.05) is 60.7 Å². The highest BCUT2D eigenvalue weighted by atomic mass is 16.4. The van der Waals surface area contributed by atoms with Gasteiger partial charge in [0.15, 0.2) is 0 Å². The molecule has 1 amide bonds. The van der Waals surface area contributed by atoms with Crippen molar-refractivity contribution in [2.75, 3.05) is 0 Å². The number of nitrogens with one attached hydrogen (secondary N) is 1. The lowest BCUT2D eigenvalue weighted by atomic mass is 10.2. The van der Waals surface area contributed by atoms with Gasteiger partial charge < -0.3 is 9.73 Å². The number of nitrogens with zero attached hydrogens (tertiary/aromatic N) is 2. The Balaban J connectivity index is 1.60. The molecule has 3 aromatic rings. The molecule has 0 radical (unpaired) electrons. The highest BCUT2D eigenvalue weighted by Crippen LogP contribution is 2.08. The predicted octanol–water partition coefficient (Wildman–Crippen LogP) is 2.59. The number of carbonyl (C=O) groups is 1. The van der Waals surface area contributed by atoms with Crippen molar-refractivity contribution in [3.05, 3.63) is 83.6 Å². The Labute approximate surface area is 128 Å². The average molecular weight is 293 g/mol. The van der Waals surface area contributed by atoms with E-state index in [4.69, 9.17) is 4.42 Å². The Hall–Kier alpha value is -2.95. The summed E-state index contributed by atoms with van der Waals surface area (Å²) in [6.45, 7) is 0.427. The van der Waals surface area contributed by atoms with Gasteiger partial charge >= 0.3 is 11.8 Å². The standard InChI is InChI=1S/C17H15N3O2/c21-16(18-12-14-9-5-2-6-10-14)17-20-19-15(22-17)11-13-7-3-1-4-8-13/h1-10H,11-12H2,(H,18,21). The van der Waals surface area contributed by atoms with Crippen molar-refractivity contribution >= 4 is 5.91 Å². The molecule has 3 rings (SSSR count). The third-order valence-electron chi connectivity index (χ3n) is 3.16. The molecule has 0 aliphatic carbocycles. The molecule has 0 saturated carbocycles. The zero-order valence-electron chi connectivity index (χ0n) is 11.9. The van der Waals surface area contributed by atoms with Gasteiger partial charge in [-0.1, -0.05) is 60.7 Å². The molecule has 5 nitrogen and oxygen atoms in total. The smallest absolute Gasteiger partial charge is 0.309 e. The van der Waals surface area contributed by atoms with E-state index in [2.05, 4.69) is 15.5 Å². The zero-order valence-corrected chi connectivity index (χ0v) is 11.9. The van der Waals surface area contributed by atoms with Gasteiger partial charge in [0.25, 0.3) is 0 Å². The van der Waals surface area contributed by atoms with Crippen molar-refractivity contribution in [3.63, 3.8) is 0 Å². The summed E-state index contributed by atoms with van der Waals surface area (Å²) in [4.78, 5) is 12.0. The van der Waals surface area contributed by atoms with Crippen molar-refractivity contribution < 1.29 is 9.21 Å². The molecule has 0 saturated heterocycles. The summed E-state index contributed by atoms with van der Waals surface area (Å²) >= 11 is 0. The molecule has 110 valence electrons. The first-order valence-electron chi connectivity index (χ1n) is 7.00. The topological polar surface area (TPSA) is 68.0 Å². The van der Waals surface area contributed by atoms with E-state index >= 15 is 0 Å². The van der Waals surface area contributed by atoms with Crippen LogP contribution < -0.4 is 5.32 Å². The molecule has 0 aliphatic heterocycles. The average Bonchev–Trinajstić information content (AvgIpc) is 3.03. The molecule has 1 heterocycles. The highest BCUT2D eigenvalue weighted by Gasteiger charge is 2.14. The molecule has 0 atom stereocenters. The summed E-state index contributed by atoms with van der Waals surface area (Å²) in [6, 6.07) is 19.4. The largest absolute Gasteiger partial charge is 0.417 e. The van der Waals surface area contributed by atoms with Gasteiger partial charge in [0.2, 0.25) is 5.89 Å². The molecule has 22 heavy (non-hydrogen) atoms. The summed E-state index contributed by atoms with van der Waals surface area (Å²) in [6.07, 6.45) is 0.514. The van der Waals surface area contributed by atoms with Crippen molar-refractivity contribution in [2.24, 2.45) is 0 Å². The van der Waals surface area contributed by atoms with Crippen molar-refractivity contribution in [1.29, 1.82) is 0 Å². The lowest BCUT2D eigenvalue weighted by molar-refractivity contribution is 0.0914. The summed E-state index contributed by atoms with van der Waals surface area (Å²) in [5.74, 6) is 0.0496. The lowest BCUT2D eigenvalue weighted by Crippen LogP contribution is -2.23. The number of hydrogen-bond acceptors (Lipinski definition) is 4. The second kappa shape index (κ2) is 6.67. The fourth-order valence-corrected chi connectivity index (χ4v) is 2.04. The third kappa shape index (κ3) is 3.58. The van der Waals surface area contributed by atoms with Crippen LogP contribution in [0, 0.1) is 0 Å². The first-order valence-corrected chi connectivity index (χ1v) is 7.00. The molecular formula is C17H15N3O2. The number of hydrogen-bond donors (Lipinski definition) is 1. The zero-order chi connectivity index (χ0) is 15.2. The predicted molar refractivity (Wildman–Crippen MR) is 81.2 cm³/mol. The minimum Gasteiger partial charge on any atom is -0.417 e. The van der Waals surface area contributed by atoms with Gasteiger partial charge in [0, 0.05) is 6.54 Å². The summed E-state index contributed by atoms with van der Waals surface area (Å²) < 4.78 is 5.40. The molecule has 0 unspecified atom stereocenters. The Morgan fingerprint density at radius 1 is 0.909 bits per heavy atom. The summed E-state index contributed by atoms with van der Waals surface area (Å²) in [5, 5.41) is 10.5. The van der Waals surface area contributed by atoms with Gasteiger partial charge in [-0.25, -0.2) is 0 Å². The van der Waals surface area contributed by atoms with Gasteiger partial charge in [-0.2, -0.15) is 0 Å². The Kier molecular flexibility index (Phi) is 4.25. The van der Waals surface area contributed by atoms with Gasteiger partial charge in [-0.3, -0.25) is 4.79 Å². The van der Waals surface area contributed by atoms with Crippen LogP contribution in [0.2, 0.25) is 0 Å². The normalized spacial score (nSPS) is 10.4. The van der Waals surface area contributed by atoms with Crippen LogP contribution >= 0.6 is 0 Å². The molecule has 1 N–H and O–H groups in total. The minimum atomic E-state index is -0.365. The van der Waals surface area contributed by atoms with Crippen LogP contribution in [0.15, 0.2) is 65.1 Å². The van der Waals surface area contributed by atoms with Gasteiger partial charge in [0.1, 0.15) is 0 Å². The van der Waals surface area contributed by atoms with Crippen LogP contribution in [0.3, 0.4) is 0 Å². The lowest BCUT2D eigenvalue weighted by Gasteiger charge is -2.01. The van der Waals surface area contributed by atoms with Crippen LogP contribution in [0.1, 0.15) is 27.7 Å². The quantitative estimate of drug-likeness (QED) is 0.785. The SMILES string of the molecule is O=C(NCc1ccccc1)c1nnc(Cc2ccccc2)o1. The van der Waals surface area contributed by atoms with E-state index in [0.717, 1.165) is 11.1 Å². The monoisotopic (exact) mass is 293 g/mol. The third-order valence-corrected chi connectivity index (χ3v) is 3.16. The number of carbonyl (C=O) groups excluding carboxylic acids is 1. The second-order valence-electron chi connectivity index (χ2n) is 4.83. The molecule has 0 spiro atoms. The number of rotatable bonds is 5. The Morgan fingerprint density at radius 3 is 2.23 bits per heavy atom. The fourth-order valence-electron chi connectivity index (χ4n) is 2.04. The summed E-state index contributed by atoms with van der Waals surface area (Å²) in [5.41, 5.74) is 2.07. The van der Waals surface area contributed by atoms with Crippen molar-refractivity contribution in [3.8, 4) is 0 Å². The summed E-state index contributed by atoms with van der Waals surface area (Å²) in [7, 11) is 0. The van der Waals surface area contributed by atoms with Crippen LogP contribution in [-0.4, -0.2) is 16.1 Å². The van der Waals surface area contributed by atoms with E-state index in [9.17, 15) is 4.79 Å². The van der Waals surface area contributed by atoms with Gasteiger partial charge in [0.05, 0.1) is 6.42 Å².